The molecule has 0 aromatic rings. The summed E-state index contributed by atoms with van der Waals surface area (Å²) in [5.41, 5.74) is 0.453. The van der Waals surface area contributed by atoms with Gasteiger partial charge in [-0.2, -0.15) is 0 Å². The van der Waals surface area contributed by atoms with Crippen molar-refractivity contribution in [2.24, 2.45) is 0 Å². The highest BCUT2D eigenvalue weighted by Crippen LogP contribution is 2.31. The maximum absolute atomic E-state index is 10.4. The van der Waals surface area contributed by atoms with E-state index in [-0.39, 0.29) is 5.60 Å². The summed E-state index contributed by atoms with van der Waals surface area (Å²) >= 11 is 0. The van der Waals surface area contributed by atoms with Gasteiger partial charge in [-0.25, -0.2) is 4.79 Å². The van der Waals surface area contributed by atoms with Crippen molar-refractivity contribution in [3.8, 4) is 0 Å². The molecule has 0 radical (unpaired) electrons. The molecule has 1 N–H and O–H groups in total. The molecule has 0 saturated carbocycles. The van der Waals surface area contributed by atoms with Crippen LogP contribution in [0.4, 0.5) is 0 Å². The highest BCUT2D eigenvalue weighted by molar-refractivity contribution is 5.85. The van der Waals surface area contributed by atoms with Crippen molar-refractivity contribution in [2.45, 2.75) is 32.3 Å². The molecule has 1 unspecified atom stereocenters. The Balaban J connectivity index is 2.24. The average molecular weight is 170 g/mol. The SMILES string of the molecule is CC(=CCCC1(C)CO1)C(=O)O. The number of rotatable bonds is 4. The molecule has 1 fully saturated rings. The number of ether oxygens (including phenoxy) is 1. The molecule has 1 aliphatic heterocycles. The van der Waals surface area contributed by atoms with Crippen molar-refractivity contribution >= 4 is 5.97 Å². The summed E-state index contributed by atoms with van der Waals surface area (Å²) in [6.45, 7) is 4.46. The zero-order valence-corrected chi connectivity index (χ0v) is 7.46. The van der Waals surface area contributed by atoms with E-state index >= 15 is 0 Å². The van der Waals surface area contributed by atoms with Gasteiger partial charge in [0, 0.05) is 5.57 Å². The lowest BCUT2D eigenvalue weighted by Gasteiger charge is -2.00. The van der Waals surface area contributed by atoms with Crippen molar-refractivity contribution < 1.29 is 14.6 Å². The van der Waals surface area contributed by atoms with Crippen molar-refractivity contribution in [3.63, 3.8) is 0 Å². The van der Waals surface area contributed by atoms with Crippen LogP contribution in [0.25, 0.3) is 0 Å². The van der Waals surface area contributed by atoms with Crippen LogP contribution in [0, 0.1) is 0 Å². The van der Waals surface area contributed by atoms with Crippen molar-refractivity contribution in [3.05, 3.63) is 11.6 Å². The Hall–Kier alpha value is -0.830. The van der Waals surface area contributed by atoms with E-state index < -0.39 is 5.97 Å². The van der Waals surface area contributed by atoms with E-state index in [9.17, 15) is 4.79 Å². The van der Waals surface area contributed by atoms with E-state index in [1.54, 1.807) is 13.0 Å². The first-order chi connectivity index (χ1) is 5.53. The molecule has 1 heterocycles. The summed E-state index contributed by atoms with van der Waals surface area (Å²) < 4.78 is 5.16. The van der Waals surface area contributed by atoms with E-state index in [0.717, 1.165) is 19.4 Å². The van der Waals surface area contributed by atoms with Crippen LogP contribution in [0.5, 0.6) is 0 Å². The summed E-state index contributed by atoms with van der Waals surface area (Å²) in [6.07, 6.45) is 3.45. The fraction of sp³-hybridized carbons (Fsp3) is 0.667. The number of hydrogen-bond acceptors (Lipinski definition) is 2. The lowest BCUT2D eigenvalue weighted by atomic mass is 10.1. The van der Waals surface area contributed by atoms with Crippen LogP contribution >= 0.6 is 0 Å². The van der Waals surface area contributed by atoms with E-state index in [1.165, 1.54) is 0 Å². The molecule has 12 heavy (non-hydrogen) atoms. The molecule has 68 valence electrons. The summed E-state index contributed by atoms with van der Waals surface area (Å²) in [4.78, 5) is 10.4. The van der Waals surface area contributed by atoms with Crippen LogP contribution in [0.1, 0.15) is 26.7 Å². The molecular weight excluding hydrogens is 156 g/mol. The largest absolute Gasteiger partial charge is 0.478 e. The molecule has 1 aliphatic rings. The monoisotopic (exact) mass is 170 g/mol. The summed E-state index contributed by atoms with van der Waals surface area (Å²) in [5.74, 6) is -0.836. The average Bonchev–Trinajstić information content (AvgIpc) is 2.68. The summed E-state index contributed by atoms with van der Waals surface area (Å²) in [6, 6.07) is 0. The van der Waals surface area contributed by atoms with Gasteiger partial charge in [-0.05, 0) is 26.7 Å². The van der Waals surface area contributed by atoms with E-state index in [0.29, 0.717) is 5.57 Å². The third kappa shape index (κ3) is 2.66. The molecule has 0 aromatic carbocycles. The highest BCUT2D eigenvalue weighted by atomic mass is 16.6. The molecule has 0 amide bonds. The number of aliphatic carboxylic acids is 1. The molecular formula is C9H14O3. The maximum atomic E-state index is 10.4. The molecule has 0 aliphatic carbocycles. The quantitative estimate of drug-likeness (QED) is 0.515. The Labute approximate surface area is 72.0 Å². The first-order valence-electron chi connectivity index (χ1n) is 4.07. The Morgan fingerprint density at radius 1 is 1.75 bits per heavy atom. The van der Waals surface area contributed by atoms with Gasteiger partial charge in [0.2, 0.25) is 0 Å². The second kappa shape index (κ2) is 3.27. The van der Waals surface area contributed by atoms with Crippen LogP contribution in [-0.4, -0.2) is 23.3 Å². The smallest absolute Gasteiger partial charge is 0.330 e. The van der Waals surface area contributed by atoms with Gasteiger partial charge in [-0.3, -0.25) is 0 Å². The van der Waals surface area contributed by atoms with Crippen LogP contribution in [0.3, 0.4) is 0 Å². The van der Waals surface area contributed by atoms with Crippen LogP contribution < -0.4 is 0 Å². The number of carbonyl (C=O) groups is 1. The third-order valence-electron chi connectivity index (χ3n) is 2.10. The lowest BCUT2D eigenvalue weighted by Crippen LogP contribution is -2.03. The van der Waals surface area contributed by atoms with Gasteiger partial charge in [-0.1, -0.05) is 6.08 Å². The van der Waals surface area contributed by atoms with Gasteiger partial charge >= 0.3 is 5.97 Å². The normalized spacial score (nSPS) is 28.7. The Morgan fingerprint density at radius 2 is 2.33 bits per heavy atom. The van der Waals surface area contributed by atoms with Gasteiger partial charge in [0.1, 0.15) is 0 Å². The topological polar surface area (TPSA) is 49.8 Å². The number of hydrogen-bond donors (Lipinski definition) is 1. The minimum Gasteiger partial charge on any atom is -0.478 e. The second-order valence-electron chi connectivity index (χ2n) is 3.47. The Morgan fingerprint density at radius 3 is 2.75 bits per heavy atom. The van der Waals surface area contributed by atoms with Crippen molar-refractivity contribution in [1.82, 2.24) is 0 Å². The first-order valence-corrected chi connectivity index (χ1v) is 4.07. The summed E-state index contributed by atoms with van der Waals surface area (Å²) in [7, 11) is 0. The minimum absolute atomic E-state index is 0.0370. The zero-order valence-electron chi connectivity index (χ0n) is 7.46. The standard InChI is InChI=1S/C9H14O3/c1-7(8(10)11)4-3-5-9(2)6-12-9/h4H,3,5-6H2,1-2H3,(H,10,11). The molecule has 3 nitrogen and oxygen atoms in total. The fourth-order valence-electron chi connectivity index (χ4n) is 0.949. The van der Waals surface area contributed by atoms with Gasteiger partial charge in [0.05, 0.1) is 12.2 Å². The van der Waals surface area contributed by atoms with E-state index in [1.807, 2.05) is 6.92 Å². The Kier molecular flexibility index (Phi) is 2.52. The number of carboxylic acid groups (broad SMARTS) is 1. The van der Waals surface area contributed by atoms with Gasteiger partial charge in [0.25, 0.3) is 0 Å². The van der Waals surface area contributed by atoms with Crippen molar-refractivity contribution in [2.75, 3.05) is 6.61 Å². The summed E-state index contributed by atoms with van der Waals surface area (Å²) in [5, 5.41) is 8.53. The lowest BCUT2D eigenvalue weighted by molar-refractivity contribution is -0.132. The van der Waals surface area contributed by atoms with Crippen molar-refractivity contribution in [1.29, 1.82) is 0 Å². The van der Waals surface area contributed by atoms with Crippen LogP contribution in [0.15, 0.2) is 11.6 Å². The number of allylic oxidation sites excluding steroid dienone is 1. The predicted molar refractivity (Wildman–Crippen MR) is 45.0 cm³/mol. The van der Waals surface area contributed by atoms with E-state index in [4.69, 9.17) is 9.84 Å². The van der Waals surface area contributed by atoms with Crippen LogP contribution in [0.2, 0.25) is 0 Å². The number of epoxide rings is 1. The molecule has 3 heteroatoms. The molecule has 0 spiro atoms. The maximum Gasteiger partial charge on any atom is 0.330 e. The zero-order chi connectivity index (χ0) is 9.19. The predicted octanol–water partition coefficient (Wildman–Crippen LogP) is 1.59. The molecule has 0 aromatic heterocycles. The van der Waals surface area contributed by atoms with Gasteiger partial charge < -0.3 is 9.84 Å². The number of carboxylic acids is 1. The van der Waals surface area contributed by atoms with Crippen LogP contribution in [-0.2, 0) is 9.53 Å². The first kappa shape index (κ1) is 9.26. The van der Waals surface area contributed by atoms with Gasteiger partial charge in [-0.15, -0.1) is 0 Å². The fourth-order valence-corrected chi connectivity index (χ4v) is 0.949. The molecule has 1 atom stereocenters. The second-order valence-corrected chi connectivity index (χ2v) is 3.47. The minimum atomic E-state index is -0.836. The molecule has 1 saturated heterocycles. The Bertz CT molecular complexity index is 214. The molecule has 1 rings (SSSR count). The molecule has 0 bridgehead atoms. The van der Waals surface area contributed by atoms with E-state index in [2.05, 4.69) is 0 Å². The third-order valence-corrected chi connectivity index (χ3v) is 2.10. The highest BCUT2D eigenvalue weighted by Gasteiger charge is 2.37. The van der Waals surface area contributed by atoms with Gasteiger partial charge in [0.15, 0.2) is 0 Å².